The van der Waals surface area contributed by atoms with Crippen LogP contribution < -0.4 is 19.5 Å². The van der Waals surface area contributed by atoms with E-state index in [2.05, 4.69) is 5.32 Å². The normalized spacial score (nSPS) is 12.4. The lowest BCUT2D eigenvalue weighted by Crippen LogP contribution is -2.49. The molecule has 35 heavy (non-hydrogen) atoms. The van der Waals surface area contributed by atoms with Gasteiger partial charge in [0.25, 0.3) is 0 Å². The molecule has 192 valence electrons. The van der Waals surface area contributed by atoms with Crippen molar-refractivity contribution < 1.29 is 23.8 Å². The first-order chi connectivity index (χ1) is 16.8. The van der Waals surface area contributed by atoms with Crippen LogP contribution in [0.1, 0.15) is 58.6 Å². The van der Waals surface area contributed by atoms with Gasteiger partial charge in [0, 0.05) is 19.0 Å². The van der Waals surface area contributed by atoms with Gasteiger partial charge in [-0.05, 0) is 75.9 Å². The third kappa shape index (κ3) is 8.50. The minimum atomic E-state index is -0.609. The molecular formula is C28H40N2O5. The van der Waals surface area contributed by atoms with Gasteiger partial charge in [-0.1, -0.05) is 25.1 Å². The van der Waals surface area contributed by atoms with Gasteiger partial charge in [-0.3, -0.25) is 9.59 Å². The van der Waals surface area contributed by atoms with Crippen molar-refractivity contribution in [3.05, 3.63) is 53.6 Å². The Balaban J connectivity index is 2.20. The van der Waals surface area contributed by atoms with E-state index in [1.54, 1.807) is 18.9 Å². The summed E-state index contributed by atoms with van der Waals surface area (Å²) in [6, 6.07) is 12.8. The molecule has 7 heteroatoms. The molecule has 0 aliphatic carbocycles. The largest absolute Gasteiger partial charge is 0.497 e. The number of amides is 2. The zero-order chi connectivity index (χ0) is 25.8. The fraction of sp³-hybridized carbons (Fsp3) is 0.500. The lowest BCUT2D eigenvalue weighted by Gasteiger charge is -2.30. The van der Waals surface area contributed by atoms with Gasteiger partial charge in [-0.15, -0.1) is 0 Å². The second kappa shape index (κ2) is 14.2. The summed E-state index contributed by atoms with van der Waals surface area (Å²) in [6.45, 7) is 11.0. The van der Waals surface area contributed by atoms with Gasteiger partial charge in [0.15, 0.2) is 11.5 Å². The molecule has 0 aliphatic heterocycles. The number of methoxy groups -OCH3 is 1. The summed E-state index contributed by atoms with van der Waals surface area (Å²) in [5.41, 5.74) is 1.88. The van der Waals surface area contributed by atoms with Crippen LogP contribution in [0.2, 0.25) is 0 Å². The molecule has 0 fully saturated rings. The van der Waals surface area contributed by atoms with Gasteiger partial charge >= 0.3 is 0 Å². The monoisotopic (exact) mass is 484 g/mol. The van der Waals surface area contributed by atoms with E-state index in [9.17, 15) is 9.59 Å². The Hall–Kier alpha value is -3.22. The molecule has 0 aromatic heterocycles. The molecule has 0 aliphatic rings. The molecule has 0 unspecified atom stereocenters. The zero-order valence-electron chi connectivity index (χ0n) is 21.9. The summed E-state index contributed by atoms with van der Waals surface area (Å²) in [7, 11) is 1.61. The number of rotatable bonds is 14. The van der Waals surface area contributed by atoms with Gasteiger partial charge in [0.2, 0.25) is 11.8 Å². The molecule has 0 bridgehead atoms. The van der Waals surface area contributed by atoms with Crippen molar-refractivity contribution in [2.75, 3.05) is 20.3 Å². The summed E-state index contributed by atoms with van der Waals surface area (Å²) in [5.74, 6) is 1.83. The maximum absolute atomic E-state index is 13.4. The Morgan fingerprint density at radius 1 is 0.943 bits per heavy atom. The standard InChI is InChI=1S/C28H40N2O5/c1-7-20(4)29-28(32)21(5)30(19-23-11-10-12-24(17-23)33-6)27(31)16-14-22-13-15-25(34-8-2)26(18-22)35-9-3/h10-13,15,17-18,20-21H,7-9,14,16,19H2,1-6H3,(H,29,32)/t20-,21-/m0/s1. The van der Waals surface area contributed by atoms with Gasteiger partial charge in [0.1, 0.15) is 11.8 Å². The Morgan fingerprint density at radius 3 is 2.31 bits per heavy atom. The maximum atomic E-state index is 13.4. The van der Waals surface area contributed by atoms with Gasteiger partial charge in [-0.2, -0.15) is 0 Å². The lowest BCUT2D eigenvalue weighted by atomic mass is 10.1. The number of hydrogen-bond acceptors (Lipinski definition) is 5. The Morgan fingerprint density at radius 2 is 1.66 bits per heavy atom. The Bertz CT molecular complexity index is 962. The van der Waals surface area contributed by atoms with Crippen LogP contribution in [0.3, 0.4) is 0 Å². The Kier molecular flexibility index (Phi) is 11.4. The predicted molar refractivity (Wildman–Crippen MR) is 138 cm³/mol. The van der Waals surface area contributed by atoms with E-state index in [0.717, 1.165) is 17.5 Å². The van der Waals surface area contributed by atoms with Gasteiger partial charge in [-0.25, -0.2) is 0 Å². The Labute approximate surface area is 209 Å². The van der Waals surface area contributed by atoms with Crippen LogP contribution in [0.25, 0.3) is 0 Å². The van der Waals surface area contributed by atoms with Crippen molar-refractivity contribution in [2.24, 2.45) is 0 Å². The average Bonchev–Trinajstić information content (AvgIpc) is 2.87. The molecule has 0 heterocycles. The van der Waals surface area contributed by atoms with E-state index >= 15 is 0 Å². The molecule has 2 rings (SSSR count). The number of carbonyl (C=O) groups is 2. The predicted octanol–water partition coefficient (Wildman–Crippen LogP) is 4.76. The molecular weight excluding hydrogens is 444 g/mol. The summed E-state index contributed by atoms with van der Waals surface area (Å²) in [4.78, 5) is 28.0. The van der Waals surface area contributed by atoms with Crippen molar-refractivity contribution in [3.8, 4) is 17.2 Å². The topological polar surface area (TPSA) is 77.1 Å². The first-order valence-corrected chi connectivity index (χ1v) is 12.4. The summed E-state index contributed by atoms with van der Waals surface area (Å²) in [5, 5.41) is 3.00. The first kappa shape index (κ1) is 28.0. The average molecular weight is 485 g/mol. The molecule has 1 N–H and O–H groups in total. The lowest BCUT2D eigenvalue weighted by molar-refractivity contribution is -0.140. The molecule has 0 radical (unpaired) electrons. The van der Waals surface area contributed by atoms with Crippen molar-refractivity contribution in [2.45, 2.75) is 72.5 Å². The third-order valence-corrected chi connectivity index (χ3v) is 5.89. The minimum absolute atomic E-state index is 0.0413. The van der Waals surface area contributed by atoms with Crippen LogP contribution >= 0.6 is 0 Å². The number of hydrogen-bond donors (Lipinski definition) is 1. The molecule has 0 saturated heterocycles. The van der Waals surface area contributed by atoms with Crippen LogP contribution in [-0.2, 0) is 22.6 Å². The van der Waals surface area contributed by atoms with E-state index in [4.69, 9.17) is 14.2 Å². The van der Waals surface area contributed by atoms with E-state index in [1.807, 2.05) is 70.2 Å². The van der Waals surface area contributed by atoms with Crippen LogP contribution in [-0.4, -0.2) is 49.1 Å². The van der Waals surface area contributed by atoms with Gasteiger partial charge in [0.05, 0.1) is 20.3 Å². The maximum Gasteiger partial charge on any atom is 0.242 e. The highest BCUT2D eigenvalue weighted by molar-refractivity contribution is 5.87. The van der Waals surface area contributed by atoms with E-state index in [-0.39, 0.29) is 24.3 Å². The SMILES string of the molecule is CCOc1ccc(CCC(=O)N(Cc2cccc(OC)c2)[C@@H](C)C(=O)N[C@@H](C)CC)cc1OCC. The zero-order valence-corrected chi connectivity index (χ0v) is 21.9. The van der Waals surface area contributed by atoms with Crippen LogP contribution in [0.4, 0.5) is 0 Å². The molecule has 0 saturated carbocycles. The summed E-state index contributed by atoms with van der Waals surface area (Å²) >= 11 is 0. The first-order valence-electron chi connectivity index (χ1n) is 12.4. The fourth-order valence-electron chi connectivity index (χ4n) is 3.66. The minimum Gasteiger partial charge on any atom is -0.497 e. The third-order valence-electron chi connectivity index (χ3n) is 5.89. The van der Waals surface area contributed by atoms with Crippen LogP contribution in [0.15, 0.2) is 42.5 Å². The van der Waals surface area contributed by atoms with Crippen LogP contribution in [0, 0.1) is 0 Å². The number of benzene rings is 2. The quantitative estimate of drug-likeness (QED) is 0.418. The van der Waals surface area contributed by atoms with E-state index in [0.29, 0.717) is 43.4 Å². The molecule has 2 aromatic rings. The van der Waals surface area contributed by atoms with Crippen LogP contribution in [0.5, 0.6) is 17.2 Å². The highest BCUT2D eigenvalue weighted by Gasteiger charge is 2.26. The molecule has 2 amide bonds. The number of nitrogens with one attached hydrogen (secondary N) is 1. The molecule has 7 nitrogen and oxygen atoms in total. The van der Waals surface area contributed by atoms with Crippen molar-refractivity contribution in [1.82, 2.24) is 10.2 Å². The van der Waals surface area contributed by atoms with E-state index in [1.165, 1.54) is 0 Å². The number of carbonyl (C=O) groups excluding carboxylic acids is 2. The van der Waals surface area contributed by atoms with Gasteiger partial charge < -0.3 is 24.4 Å². The van der Waals surface area contributed by atoms with E-state index < -0.39 is 6.04 Å². The van der Waals surface area contributed by atoms with Crippen molar-refractivity contribution >= 4 is 11.8 Å². The molecule has 2 aromatic carbocycles. The highest BCUT2D eigenvalue weighted by atomic mass is 16.5. The number of ether oxygens (including phenoxy) is 3. The molecule has 2 atom stereocenters. The van der Waals surface area contributed by atoms with Crippen molar-refractivity contribution in [1.29, 1.82) is 0 Å². The summed E-state index contributed by atoms with van der Waals surface area (Å²) in [6.07, 6.45) is 1.62. The summed E-state index contributed by atoms with van der Waals surface area (Å²) < 4.78 is 16.7. The van der Waals surface area contributed by atoms with Crippen molar-refractivity contribution in [3.63, 3.8) is 0 Å². The fourth-order valence-corrected chi connectivity index (χ4v) is 3.66. The smallest absolute Gasteiger partial charge is 0.242 e. The second-order valence-electron chi connectivity index (χ2n) is 8.51. The number of nitrogens with zero attached hydrogens (tertiary/aromatic N) is 1. The second-order valence-corrected chi connectivity index (χ2v) is 8.51. The number of aryl methyl sites for hydroxylation is 1. The molecule has 0 spiro atoms. The highest BCUT2D eigenvalue weighted by Crippen LogP contribution is 2.29.